The third-order valence-electron chi connectivity index (χ3n) is 2.76. The largest absolute Gasteiger partial charge is 0.397 e. The van der Waals surface area contributed by atoms with Crippen molar-refractivity contribution in [2.45, 2.75) is 0 Å². The van der Waals surface area contributed by atoms with Crippen molar-refractivity contribution < 1.29 is 9.18 Å². The van der Waals surface area contributed by atoms with Crippen molar-refractivity contribution in [2.75, 3.05) is 17.7 Å². The van der Waals surface area contributed by atoms with Crippen LogP contribution in [0.4, 0.5) is 15.8 Å². The molecular weight excluding hydrogens is 358 g/mol. The number of carbonyl (C=O) groups is 1. The van der Waals surface area contributed by atoms with Crippen molar-refractivity contribution in [3.05, 3.63) is 57.4 Å². The molecule has 2 aromatic carbocycles. The van der Waals surface area contributed by atoms with E-state index < -0.39 is 0 Å². The Hall–Kier alpha value is -1.63. The molecule has 0 saturated carbocycles. The summed E-state index contributed by atoms with van der Waals surface area (Å²) in [6.45, 7) is 0. The van der Waals surface area contributed by atoms with E-state index in [4.69, 9.17) is 5.73 Å². The van der Waals surface area contributed by atoms with E-state index in [1.54, 1.807) is 25.2 Å². The van der Waals surface area contributed by atoms with E-state index in [-0.39, 0.29) is 11.7 Å². The summed E-state index contributed by atoms with van der Waals surface area (Å²) < 4.78 is 13.6. The second kappa shape index (κ2) is 5.56. The minimum absolute atomic E-state index is 0.220. The van der Waals surface area contributed by atoms with Crippen LogP contribution in [-0.2, 0) is 0 Å². The third kappa shape index (κ3) is 2.86. The van der Waals surface area contributed by atoms with Crippen molar-refractivity contribution >= 4 is 39.9 Å². The van der Waals surface area contributed by atoms with Gasteiger partial charge in [-0.15, -0.1) is 0 Å². The topological polar surface area (TPSA) is 46.3 Å². The molecule has 0 bridgehead atoms. The van der Waals surface area contributed by atoms with Crippen LogP contribution in [0.15, 0.2) is 42.5 Å². The summed E-state index contributed by atoms with van der Waals surface area (Å²) in [5.74, 6) is -0.579. The zero-order chi connectivity index (χ0) is 14.0. The number of anilines is 2. The lowest BCUT2D eigenvalue weighted by Crippen LogP contribution is -2.27. The van der Waals surface area contributed by atoms with E-state index in [0.29, 0.717) is 20.5 Å². The Bertz CT molecular complexity index is 631. The number of halogens is 2. The van der Waals surface area contributed by atoms with E-state index in [1.165, 1.54) is 23.1 Å². The molecule has 0 unspecified atom stereocenters. The molecule has 0 saturated heterocycles. The number of nitrogens with zero attached hydrogens (tertiary/aromatic N) is 1. The highest BCUT2D eigenvalue weighted by Crippen LogP contribution is 2.24. The van der Waals surface area contributed by atoms with Crippen LogP contribution in [0.5, 0.6) is 0 Å². The Morgan fingerprint density at radius 2 is 1.95 bits per heavy atom. The first-order valence-corrected chi connectivity index (χ1v) is 6.66. The van der Waals surface area contributed by atoms with Crippen LogP contribution in [0.3, 0.4) is 0 Å². The molecule has 0 atom stereocenters. The smallest absolute Gasteiger partial charge is 0.259 e. The fourth-order valence-electron chi connectivity index (χ4n) is 1.75. The Labute approximate surface area is 124 Å². The minimum Gasteiger partial charge on any atom is -0.397 e. The zero-order valence-corrected chi connectivity index (χ0v) is 12.4. The number of para-hydroxylation sites is 2. The van der Waals surface area contributed by atoms with Gasteiger partial charge in [0.15, 0.2) is 0 Å². The summed E-state index contributed by atoms with van der Waals surface area (Å²) in [5.41, 5.74) is 7.45. The molecule has 0 heterocycles. The molecule has 0 radical (unpaired) electrons. The molecule has 3 nitrogen and oxygen atoms in total. The number of hydrogen-bond acceptors (Lipinski definition) is 2. The van der Waals surface area contributed by atoms with Gasteiger partial charge in [-0.3, -0.25) is 4.79 Å². The van der Waals surface area contributed by atoms with Crippen LogP contribution in [0, 0.1) is 9.39 Å². The van der Waals surface area contributed by atoms with E-state index >= 15 is 0 Å². The molecule has 5 heteroatoms. The molecule has 0 aliphatic heterocycles. The standard InChI is InChI=1S/C14H12FIN2O/c1-18(13-5-3-2-4-12(13)17)14(19)10-7-6-9(15)8-11(10)16/h2-8H,17H2,1H3. The van der Waals surface area contributed by atoms with Crippen LogP contribution in [0.2, 0.25) is 0 Å². The molecule has 0 aliphatic rings. The summed E-state index contributed by atoms with van der Waals surface area (Å²) in [7, 11) is 1.65. The van der Waals surface area contributed by atoms with Gasteiger partial charge in [-0.25, -0.2) is 4.39 Å². The molecule has 0 aromatic heterocycles. The summed E-state index contributed by atoms with van der Waals surface area (Å²) in [4.78, 5) is 13.8. The van der Waals surface area contributed by atoms with Crippen molar-refractivity contribution in [2.24, 2.45) is 0 Å². The van der Waals surface area contributed by atoms with Gasteiger partial charge >= 0.3 is 0 Å². The number of benzene rings is 2. The van der Waals surface area contributed by atoms with E-state index in [1.807, 2.05) is 28.7 Å². The number of nitrogen functional groups attached to an aromatic ring is 1. The first kappa shape index (κ1) is 13.8. The molecule has 2 N–H and O–H groups in total. The van der Waals surface area contributed by atoms with Crippen LogP contribution in [-0.4, -0.2) is 13.0 Å². The number of carbonyl (C=O) groups excluding carboxylic acids is 1. The minimum atomic E-state index is -0.358. The predicted molar refractivity (Wildman–Crippen MR) is 82.7 cm³/mol. The Morgan fingerprint density at radius 3 is 2.58 bits per heavy atom. The predicted octanol–water partition coefficient (Wildman–Crippen LogP) is 3.29. The lowest BCUT2D eigenvalue weighted by atomic mass is 10.1. The Kier molecular flexibility index (Phi) is 4.04. The summed E-state index contributed by atoms with van der Waals surface area (Å²) >= 11 is 1.94. The van der Waals surface area contributed by atoms with Gasteiger partial charge in [0.1, 0.15) is 5.82 Å². The van der Waals surface area contributed by atoms with Crippen molar-refractivity contribution in [3.8, 4) is 0 Å². The van der Waals surface area contributed by atoms with E-state index in [9.17, 15) is 9.18 Å². The highest BCUT2D eigenvalue weighted by molar-refractivity contribution is 14.1. The molecule has 19 heavy (non-hydrogen) atoms. The van der Waals surface area contributed by atoms with Gasteiger partial charge in [0, 0.05) is 10.6 Å². The van der Waals surface area contributed by atoms with E-state index in [2.05, 4.69) is 0 Å². The molecule has 0 fully saturated rings. The summed E-state index contributed by atoms with van der Waals surface area (Å²) in [6, 6.07) is 11.2. The number of amides is 1. The normalized spacial score (nSPS) is 10.3. The molecule has 1 amide bonds. The van der Waals surface area contributed by atoms with Crippen LogP contribution >= 0.6 is 22.6 Å². The van der Waals surface area contributed by atoms with Crippen LogP contribution in [0.1, 0.15) is 10.4 Å². The molecule has 0 spiro atoms. The fraction of sp³-hybridized carbons (Fsp3) is 0.0714. The fourth-order valence-corrected chi connectivity index (χ4v) is 2.45. The number of nitrogens with two attached hydrogens (primary N) is 1. The van der Waals surface area contributed by atoms with Gasteiger partial charge in [-0.2, -0.15) is 0 Å². The van der Waals surface area contributed by atoms with Crippen molar-refractivity contribution in [3.63, 3.8) is 0 Å². The van der Waals surface area contributed by atoms with Gasteiger partial charge in [-0.1, -0.05) is 12.1 Å². The average Bonchev–Trinajstić information content (AvgIpc) is 2.38. The maximum Gasteiger partial charge on any atom is 0.259 e. The summed E-state index contributed by atoms with van der Waals surface area (Å²) in [5, 5.41) is 0. The van der Waals surface area contributed by atoms with Gasteiger partial charge in [0.25, 0.3) is 5.91 Å². The quantitative estimate of drug-likeness (QED) is 0.652. The van der Waals surface area contributed by atoms with Crippen molar-refractivity contribution in [1.82, 2.24) is 0 Å². The maximum atomic E-state index is 13.0. The Balaban J connectivity index is 2.37. The number of hydrogen-bond donors (Lipinski definition) is 1. The number of rotatable bonds is 2. The monoisotopic (exact) mass is 370 g/mol. The second-order valence-corrected chi connectivity index (χ2v) is 5.21. The maximum absolute atomic E-state index is 13.0. The third-order valence-corrected chi connectivity index (χ3v) is 3.66. The van der Waals surface area contributed by atoms with Crippen molar-refractivity contribution in [1.29, 1.82) is 0 Å². The highest BCUT2D eigenvalue weighted by Gasteiger charge is 2.17. The summed E-state index contributed by atoms with van der Waals surface area (Å²) in [6.07, 6.45) is 0. The first-order chi connectivity index (χ1) is 9.00. The molecular formula is C14H12FIN2O. The molecule has 0 aliphatic carbocycles. The Morgan fingerprint density at radius 1 is 1.26 bits per heavy atom. The zero-order valence-electron chi connectivity index (χ0n) is 10.2. The highest BCUT2D eigenvalue weighted by atomic mass is 127. The SMILES string of the molecule is CN(C(=O)c1ccc(F)cc1I)c1ccccc1N. The van der Waals surface area contributed by atoms with Crippen LogP contribution in [0.25, 0.3) is 0 Å². The van der Waals surface area contributed by atoms with Crippen LogP contribution < -0.4 is 10.6 Å². The lowest BCUT2D eigenvalue weighted by Gasteiger charge is -2.19. The second-order valence-electron chi connectivity index (χ2n) is 4.05. The average molecular weight is 370 g/mol. The van der Waals surface area contributed by atoms with E-state index in [0.717, 1.165) is 0 Å². The first-order valence-electron chi connectivity index (χ1n) is 5.58. The van der Waals surface area contributed by atoms with Gasteiger partial charge in [-0.05, 0) is 52.9 Å². The molecule has 98 valence electrons. The van der Waals surface area contributed by atoms with Gasteiger partial charge < -0.3 is 10.6 Å². The lowest BCUT2D eigenvalue weighted by molar-refractivity contribution is 0.0992. The van der Waals surface area contributed by atoms with Gasteiger partial charge in [0.2, 0.25) is 0 Å². The molecule has 2 aromatic rings. The van der Waals surface area contributed by atoms with Gasteiger partial charge in [0.05, 0.1) is 16.9 Å². The molecule has 2 rings (SSSR count).